The normalized spacial score (nSPS) is 19.0. The van der Waals surface area contributed by atoms with Gasteiger partial charge in [-0.15, -0.1) is 0 Å². The van der Waals surface area contributed by atoms with Crippen molar-refractivity contribution in [2.75, 3.05) is 19.7 Å². The summed E-state index contributed by atoms with van der Waals surface area (Å²) in [6.07, 6.45) is 2.01. The Bertz CT molecular complexity index is 408. The van der Waals surface area contributed by atoms with Crippen LogP contribution in [0, 0.1) is 0 Å². The molecule has 1 aromatic rings. The first-order valence-corrected chi connectivity index (χ1v) is 6.46. The fourth-order valence-corrected chi connectivity index (χ4v) is 2.29. The summed E-state index contributed by atoms with van der Waals surface area (Å²) in [5.41, 5.74) is 5.64. The number of nitrogens with zero attached hydrogens (tertiary/aromatic N) is 1. The van der Waals surface area contributed by atoms with Crippen molar-refractivity contribution in [1.82, 2.24) is 4.90 Å². The fourth-order valence-electron chi connectivity index (χ4n) is 2.17. The molecule has 0 radical (unpaired) electrons. The lowest BCUT2D eigenvalue weighted by atomic mass is 10.2. The monoisotopic (exact) mass is 268 g/mol. The number of rotatable bonds is 4. The highest BCUT2D eigenvalue weighted by atomic mass is 35.5. The Kier molecular flexibility index (Phi) is 4.44. The summed E-state index contributed by atoms with van der Waals surface area (Å²) in [5, 5.41) is 0.649. The van der Waals surface area contributed by atoms with E-state index in [4.69, 9.17) is 22.1 Å². The van der Waals surface area contributed by atoms with Gasteiger partial charge < -0.3 is 15.4 Å². The Labute approximate surface area is 112 Å². The topological polar surface area (TPSA) is 55.6 Å². The van der Waals surface area contributed by atoms with Crippen LogP contribution < -0.4 is 10.5 Å². The first kappa shape index (κ1) is 13.2. The number of hydrogen-bond donors (Lipinski definition) is 1. The van der Waals surface area contributed by atoms with E-state index < -0.39 is 0 Å². The Morgan fingerprint density at radius 2 is 2.17 bits per heavy atom. The molecule has 1 fully saturated rings. The van der Waals surface area contributed by atoms with Crippen LogP contribution in [0.15, 0.2) is 24.3 Å². The van der Waals surface area contributed by atoms with E-state index in [-0.39, 0.29) is 18.6 Å². The molecule has 1 heterocycles. The predicted octanol–water partition coefficient (Wildman–Crippen LogP) is 1.67. The van der Waals surface area contributed by atoms with Crippen LogP contribution in [0.1, 0.15) is 12.8 Å². The minimum Gasteiger partial charge on any atom is -0.484 e. The number of halogens is 1. The zero-order valence-electron chi connectivity index (χ0n) is 10.1. The molecule has 1 aliphatic rings. The molecule has 0 unspecified atom stereocenters. The molecule has 0 aromatic heterocycles. The van der Waals surface area contributed by atoms with Crippen LogP contribution in [0.3, 0.4) is 0 Å². The van der Waals surface area contributed by atoms with E-state index in [9.17, 15) is 4.79 Å². The maximum atomic E-state index is 12.0. The first-order valence-electron chi connectivity index (χ1n) is 6.08. The summed E-state index contributed by atoms with van der Waals surface area (Å²) in [6, 6.07) is 7.14. The van der Waals surface area contributed by atoms with Crippen LogP contribution in [0.25, 0.3) is 0 Å². The smallest absolute Gasteiger partial charge is 0.260 e. The van der Waals surface area contributed by atoms with E-state index in [2.05, 4.69) is 0 Å². The molecule has 5 heteroatoms. The van der Waals surface area contributed by atoms with Crippen LogP contribution in [-0.4, -0.2) is 36.5 Å². The molecule has 1 aliphatic heterocycles. The quantitative estimate of drug-likeness (QED) is 0.904. The summed E-state index contributed by atoms with van der Waals surface area (Å²) in [5.74, 6) is 0.647. The number of carbonyl (C=O) groups excluding carboxylic acids is 1. The van der Waals surface area contributed by atoms with Gasteiger partial charge in [0.1, 0.15) is 5.75 Å². The van der Waals surface area contributed by atoms with Crippen LogP contribution in [0.2, 0.25) is 5.02 Å². The fraction of sp³-hybridized carbons (Fsp3) is 0.462. The largest absolute Gasteiger partial charge is 0.484 e. The molecule has 0 aliphatic carbocycles. The van der Waals surface area contributed by atoms with Gasteiger partial charge >= 0.3 is 0 Å². The average Bonchev–Trinajstić information content (AvgIpc) is 2.86. The molecule has 1 aromatic carbocycles. The highest BCUT2D eigenvalue weighted by Crippen LogP contribution is 2.18. The van der Waals surface area contributed by atoms with Crippen molar-refractivity contribution in [2.24, 2.45) is 5.73 Å². The molecule has 1 saturated heterocycles. The number of benzene rings is 1. The van der Waals surface area contributed by atoms with Crippen LogP contribution in [0.5, 0.6) is 5.75 Å². The zero-order chi connectivity index (χ0) is 13.0. The van der Waals surface area contributed by atoms with E-state index in [0.29, 0.717) is 17.3 Å². The SMILES string of the molecule is NC[C@@H]1CCCN1C(=O)COc1ccc(Cl)cc1. The second-order valence-corrected chi connectivity index (χ2v) is 4.80. The van der Waals surface area contributed by atoms with E-state index in [1.807, 2.05) is 4.90 Å². The number of likely N-dealkylation sites (tertiary alicyclic amines) is 1. The van der Waals surface area contributed by atoms with Crippen LogP contribution in [-0.2, 0) is 4.79 Å². The maximum Gasteiger partial charge on any atom is 0.260 e. The number of carbonyl (C=O) groups is 1. The number of nitrogens with two attached hydrogens (primary N) is 1. The van der Waals surface area contributed by atoms with Gasteiger partial charge in [-0.3, -0.25) is 4.79 Å². The molecule has 1 amide bonds. The Morgan fingerprint density at radius 3 is 2.83 bits per heavy atom. The summed E-state index contributed by atoms with van der Waals surface area (Å²) in [6.45, 7) is 1.36. The van der Waals surface area contributed by atoms with Crippen molar-refractivity contribution >= 4 is 17.5 Å². The molecular formula is C13H17ClN2O2. The van der Waals surface area contributed by atoms with Crippen LogP contribution in [0.4, 0.5) is 0 Å². The van der Waals surface area contributed by atoms with Gasteiger partial charge in [-0.2, -0.15) is 0 Å². The summed E-state index contributed by atoms with van der Waals surface area (Å²) < 4.78 is 5.44. The third-order valence-electron chi connectivity index (χ3n) is 3.15. The molecule has 2 N–H and O–H groups in total. The molecule has 2 rings (SSSR count). The number of ether oxygens (including phenoxy) is 1. The molecule has 98 valence electrons. The molecule has 0 spiro atoms. The standard InChI is InChI=1S/C13H17ClN2O2/c14-10-3-5-12(6-4-10)18-9-13(17)16-7-1-2-11(16)8-15/h3-6,11H,1-2,7-9,15H2/t11-/m0/s1. The Hall–Kier alpha value is -1.26. The Morgan fingerprint density at radius 1 is 1.44 bits per heavy atom. The van der Waals surface area contributed by atoms with Gasteiger partial charge in [0.2, 0.25) is 0 Å². The minimum atomic E-state index is -0.00194. The third-order valence-corrected chi connectivity index (χ3v) is 3.40. The Balaban J connectivity index is 1.86. The number of amides is 1. The number of hydrogen-bond acceptors (Lipinski definition) is 3. The molecule has 1 atom stereocenters. The second-order valence-electron chi connectivity index (χ2n) is 4.36. The highest BCUT2D eigenvalue weighted by Gasteiger charge is 2.27. The van der Waals surface area contributed by atoms with E-state index in [0.717, 1.165) is 19.4 Å². The molecular weight excluding hydrogens is 252 g/mol. The third kappa shape index (κ3) is 3.15. The van der Waals surface area contributed by atoms with Crippen LogP contribution >= 0.6 is 11.6 Å². The summed E-state index contributed by atoms with van der Waals surface area (Å²) in [7, 11) is 0. The van der Waals surface area contributed by atoms with E-state index in [1.165, 1.54) is 0 Å². The maximum absolute atomic E-state index is 12.0. The molecule has 0 bridgehead atoms. The van der Waals surface area contributed by atoms with Gasteiger partial charge in [0, 0.05) is 24.2 Å². The molecule has 0 saturated carbocycles. The lowest BCUT2D eigenvalue weighted by Gasteiger charge is -2.23. The molecule has 18 heavy (non-hydrogen) atoms. The predicted molar refractivity (Wildman–Crippen MR) is 70.7 cm³/mol. The van der Waals surface area contributed by atoms with Gasteiger partial charge in [0.25, 0.3) is 5.91 Å². The van der Waals surface area contributed by atoms with Crippen molar-refractivity contribution in [2.45, 2.75) is 18.9 Å². The van der Waals surface area contributed by atoms with Gasteiger partial charge in [0.15, 0.2) is 6.61 Å². The van der Waals surface area contributed by atoms with E-state index in [1.54, 1.807) is 24.3 Å². The van der Waals surface area contributed by atoms with Crippen molar-refractivity contribution in [3.8, 4) is 5.75 Å². The molecule has 4 nitrogen and oxygen atoms in total. The van der Waals surface area contributed by atoms with Gasteiger partial charge in [0.05, 0.1) is 0 Å². The lowest BCUT2D eigenvalue weighted by molar-refractivity contribution is -0.134. The summed E-state index contributed by atoms with van der Waals surface area (Å²) >= 11 is 5.77. The van der Waals surface area contributed by atoms with E-state index >= 15 is 0 Å². The summed E-state index contributed by atoms with van der Waals surface area (Å²) in [4.78, 5) is 13.8. The van der Waals surface area contributed by atoms with Crippen molar-refractivity contribution in [3.63, 3.8) is 0 Å². The average molecular weight is 269 g/mol. The lowest BCUT2D eigenvalue weighted by Crippen LogP contribution is -2.42. The minimum absolute atomic E-state index is 0.00194. The van der Waals surface area contributed by atoms with Crippen molar-refractivity contribution in [1.29, 1.82) is 0 Å². The van der Waals surface area contributed by atoms with Gasteiger partial charge in [-0.25, -0.2) is 0 Å². The first-order chi connectivity index (χ1) is 8.70. The van der Waals surface area contributed by atoms with Gasteiger partial charge in [-0.05, 0) is 37.1 Å². The van der Waals surface area contributed by atoms with Gasteiger partial charge in [-0.1, -0.05) is 11.6 Å². The highest BCUT2D eigenvalue weighted by molar-refractivity contribution is 6.30. The van der Waals surface area contributed by atoms with Crippen molar-refractivity contribution in [3.05, 3.63) is 29.3 Å². The zero-order valence-corrected chi connectivity index (χ0v) is 10.9. The second kappa shape index (κ2) is 6.07. The van der Waals surface area contributed by atoms with Crippen molar-refractivity contribution < 1.29 is 9.53 Å².